The van der Waals surface area contributed by atoms with Gasteiger partial charge in [-0.3, -0.25) is 4.40 Å². The van der Waals surface area contributed by atoms with Gasteiger partial charge in [0, 0.05) is 31.4 Å². The fourth-order valence-corrected chi connectivity index (χ4v) is 1.51. The van der Waals surface area contributed by atoms with E-state index in [2.05, 4.69) is 20.5 Å². The second kappa shape index (κ2) is 2.50. The van der Waals surface area contributed by atoms with Crippen LogP contribution in [-0.4, -0.2) is 32.7 Å². The van der Waals surface area contributed by atoms with Crippen LogP contribution in [0, 0.1) is 0 Å². The lowest BCUT2D eigenvalue weighted by molar-refractivity contribution is 0.427. The average molecular weight is 175 g/mol. The van der Waals surface area contributed by atoms with Gasteiger partial charge in [-0.05, 0) is 6.07 Å². The Hall–Kier alpha value is -1.49. The Bertz CT molecular complexity index is 431. The quantitative estimate of drug-likeness (QED) is 0.652. The minimum Gasteiger partial charge on any atom is -0.315 e. The smallest absolute Gasteiger partial charge is 0.254 e. The van der Waals surface area contributed by atoms with Gasteiger partial charge in [-0.1, -0.05) is 0 Å². The van der Waals surface area contributed by atoms with Crippen LogP contribution in [0.1, 0.15) is 11.7 Å². The minimum atomic E-state index is 0.499. The van der Waals surface area contributed by atoms with Crippen LogP contribution in [0.5, 0.6) is 0 Å². The lowest BCUT2D eigenvalue weighted by Crippen LogP contribution is -2.40. The van der Waals surface area contributed by atoms with Crippen molar-refractivity contribution in [3.8, 4) is 0 Å². The molecule has 2 aromatic heterocycles. The van der Waals surface area contributed by atoms with Crippen molar-refractivity contribution < 1.29 is 0 Å². The number of nitrogens with zero attached hydrogens (tertiary/aromatic N) is 4. The Morgan fingerprint density at radius 1 is 1.38 bits per heavy atom. The predicted octanol–water partition coefficient (Wildman–Crippen LogP) is -0.189. The van der Waals surface area contributed by atoms with Crippen molar-refractivity contribution in [1.82, 2.24) is 24.9 Å². The van der Waals surface area contributed by atoms with Crippen LogP contribution in [0.3, 0.4) is 0 Å². The Kier molecular flexibility index (Phi) is 1.34. The summed E-state index contributed by atoms with van der Waals surface area (Å²) in [5, 5.41) is 11.3. The first-order chi connectivity index (χ1) is 6.45. The Labute approximate surface area is 74.8 Å². The van der Waals surface area contributed by atoms with Gasteiger partial charge in [0.25, 0.3) is 5.78 Å². The van der Waals surface area contributed by atoms with E-state index >= 15 is 0 Å². The molecule has 0 atom stereocenters. The van der Waals surface area contributed by atoms with Crippen molar-refractivity contribution >= 4 is 5.78 Å². The predicted molar refractivity (Wildman–Crippen MR) is 46.4 cm³/mol. The van der Waals surface area contributed by atoms with Crippen LogP contribution in [0.25, 0.3) is 5.78 Å². The molecule has 3 heterocycles. The topological polar surface area (TPSA) is 55.1 Å². The molecule has 1 aliphatic rings. The summed E-state index contributed by atoms with van der Waals surface area (Å²) in [6.45, 7) is 1.99. The first kappa shape index (κ1) is 6.97. The van der Waals surface area contributed by atoms with Gasteiger partial charge in [0.15, 0.2) is 0 Å². The molecule has 0 aromatic carbocycles. The SMILES string of the molecule is c1cnc2nnc(C3CNC3)n2c1. The van der Waals surface area contributed by atoms with Gasteiger partial charge in [-0.25, -0.2) is 4.98 Å². The molecule has 1 fully saturated rings. The van der Waals surface area contributed by atoms with Crippen molar-refractivity contribution in [1.29, 1.82) is 0 Å². The van der Waals surface area contributed by atoms with E-state index < -0.39 is 0 Å². The fraction of sp³-hybridized carbons (Fsp3) is 0.375. The van der Waals surface area contributed by atoms with E-state index in [1.54, 1.807) is 6.20 Å². The summed E-state index contributed by atoms with van der Waals surface area (Å²) in [6, 6.07) is 1.89. The molecule has 66 valence electrons. The van der Waals surface area contributed by atoms with Gasteiger partial charge in [0.1, 0.15) is 5.82 Å². The summed E-state index contributed by atoms with van der Waals surface area (Å²) < 4.78 is 1.95. The maximum atomic E-state index is 4.13. The Morgan fingerprint density at radius 2 is 2.31 bits per heavy atom. The summed E-state index contributed by atoms with van der Waals surface area (Å²) in [5.74, 6) is 2.20. The maximum absolute atomic E-state index is 4.13. The lowest BCUT2D eigenvalue weighted by atomic mass is 10.0. The summed E-state index contributed by atoms with van der Waals surface area (Å²) >= 11 is 0. The van der Waals surface area contributed by atoms with Crippen LogP contribution >= 0.6 is 0 Å². The molecule has 1 aliphatic heterocycles. The molecule has 1 N–H and O–H groups in total. The van der Waals surface area contributed by atoms with Crippen molar-refractivity contribution in [2.75, 3.05) is 13.1 Å². The van der Waals surface area contributed by atoms with Gasteiger partial charge in [0.05, 0.1) is 0 Å². The molecular formula is C8H9N5. The van der Waals surface area contributed by atoms with Crippen LogP contribution in [0.2, 0.25) is 0 Å². The minimum absolute atomic E-state index is 0.499. The van der Waals surface area contributed by atoms with Gasteiger partial charge in [-0.15, -0.1) is 10.2 Å². The molecule has 0 spiro atoms. The molecule has 3 rings (SSSR count). The van der Waals surface area contributed by atoms with Gasteiger partial charge >= 0.3 is 0 Å². The van der Waals surface area contributed by atoms with E-state index in [0.29, 0.717) is 11.7 Å². The number of rotatable bonds is 1. The van der Waals surface area contributed by atoms with Gasteiger partial charge in [-0.2, -0.15) is 0 Å². The lowest BCUT2D eigenvalue weighted by Gasteiger charge is -2.24. The number of fused-ring (bicyclic) bond motifs is 1. The first-order valence-corrected chi connectivity index (χ1v) is 4.31. The molecular weight excluding hydrogens is 166 g/mol. The average Bonchev–Trinajstić information content (AvgIpc) is 2.47. The maximum Gasteiger partial charge on any atom is 0.254 e. The van der Waals surface area contributed by atoms with E-state index in [0.717, 1.165) is 18.9 Å². The summed E-state index contributed by atoms with van der Waals surface area (Å²) in [5.41, 5.74) is 0. The second-order valence-corrected chi connectivity index (χ2v) is 3.20. The van der Waals surface area contributed by atoms with Gasteiger partial charge in [0.2, 0.25) is 0 Å². The first-order valence-electron chi connectivity index (χ1n) is 4.31. The van der Waals surface area contributed by atoms with Crippen LogP contribution in [0.4, 0.5) is 0 Å². The van der Waals surface area contributed by atoms with Crippen LogP contribution < -0.4 is 5.32 Å². The second-order valence-electron chi connectivity index (χ2n) is 3.20. The molecule has 5 heteroatoms. The van der Waals surface area contributed by atoms with Gasteiger partial charge < -0.3 is 5.32 Å². The highest BCUT2D eigenvalue weighted by atomic mass is 15.3. The van der Waals surface area contributed by atoms with Crippen molar-refractivity contribution in [3.63, 3.8) is 0 Å². The Balaban J connectivity index is 2.17. The zero-order chi connectivity index (χ0) is 8.67. The monoisotopic (exact) mass is 175 g/mol. The fourth-order valence-electron chi connectivity index (χ4n) is 1.51. The zero-order valence-electron chi connectivity index (χ0n) is 7.01. The zero-order valence-corrected chi connectivity index (χ0v) is 7.01. The molecule has 0 amide bonds. The van der Waals surface area contributed by atoms with Crippen LogP contribution in [0.15, 0.2) is 18.5 Å². The molecule has 0 unspecified atom stereocenters. The summed E-state index contributed by atoms with van der Waals surface area (Å²) in [7, 11) is 0. The number of hydrogen-bond donors (Lipinski definition) is 1. The normalized spacial score (nSPS) is 17.5. The highest BCUT2D eigenvalue weighted by molar-refractivity contribution is 5.28. The third-order valence-corrected chi connectivity index (χ3v) is 2.36. The molecule has 5 nitrogen and oxygen atoms in total. The van der Waals surface area contributed by atoms with E-state index in [1.165, 1.54) is 0 Å². The Morgan fingerprint density at radius 3 is 3.08 bits per heavy atom. The molecule has 0 bridgehead atoms. The number of hydrogen-bond acceptors (Lipinski definition) is 4. The summed E-state index contributed by atoms with van der Waals surface area (Å²) in [6.07, 6.45) is 3.68. The molecule has 13 heavy (non-hydrogen) atoms. The van der Waals surface area contributed by atoms with Crippen molar-refractivity contribution in [3.05, 3.63) is 24.3 Å². The van der Waals surface area contributed by atoms with E-state index in [9.17, 15) is 0 Å². The van der Waals surface area contributed by atoms with E-state index in [4.69, 9.17) is 0 Å². The van der Waals surface area contributed by atoms with Crippen molar-refractivity contribution in [2.24, 2.45) is 0 Å². The van der Waals surface area contributed by atoms with E-state index in [-0.39, 0.29) is 0 Å². The third-order valence-electron chi connectivity index (χ3n) is 2.36. The molecule has 0 saturated carbocycles. The molecule has 0 aliphatic carbocycles. The molecule has 1 saturated heterocycles. The summed E-state index contributed by atoms with van der Waals surface area (Å²) in [4.78, 5) is 4.11. The largest absolute Gasteiger partial charge is 0.315 e. The highest BCUT2D eigenvalue weighted by Crippen LogP contribution is 2.17. The molecule has 0 radical (unpaired) electrons. The van der Waals surface area contributed by atoms with Crippen LogP contribution in [-0.2, 0) is 0 Å². The molecule has 2 aromatic rings. The number of nitrogens with one attached hydrogen (secondary N) is 1. The third kappa shape index (κ3) is 0.936. The number of aromatic nitrogens is 4. The van der Waals surface area contributed by atoms with Crippen molar-refractivity contribution in [2.45, 2.75) is 5.92 Å². The van der Waals surface area contributed by atoms with E-state index in [1.807, 2.05) is 16.7 Å². The standard InChI is InChI=1S/C8H9N5/c1-2-10-8-12-11-7(13(8)3-1)6-4-9-5-6/h1-3,6,9H,4-5H2. The highest BCUT2D eigenvalue weighted by Gasteiger charge is 2.23.